The van der Waals surface area contributed by atoms with E-state index in [1.807, 2.05) is 36.4 Å². The normalized spacial score (nSPS) is 14.4. The van der Waals surface area contributed by atoms with Crippen molar-refractivity contribution in [3.05, 3.63) is 113 Å². The van der Waals surface area contributed by atoms with Gasteiger partial charge in [-0.2, -0.15) is 18.2 Å². The Labute approximate surface area is 248 Å². The number of aliphatic carboxylic acids is 1. The summed E-state index contributed by atoms with van der Waals surface area (Å²) in [5.41, 5.74) is 3.93. The molecule has 1 aliphatic rings. The van der Waals surface area contributed by atoms with Gasteiger partial charge in [0, 0.05) is 12.5 Å². The van der Waals surface area contributed by atoms with E-state index in [1.165, 1.54) is 17.3 Å². The SMILES string of the molecule is CC(=O)O.Cc1ccc(COc2cc3ccccc3cc2C=C2SC(=Nc3cc[c-]cc3)NC2=O)cc1.[Na+]. The number of rotatable bonds is 5. The fourth-order valence-electron chi connectivity index (χ4n) is 3.51. The van der Waals surface area contributed by atoms with Crippen molar-refractivity contribution in [1.82, 2.24) is 5.32 Å². The molecule has 1 saturated heterocycles. The standard InChI is InChI=1S/C28H21N2O2S.C2H4O2.Na/c1-19-11-13-20(14-12-19)18-32-25-16-22-8-6-5-7-21(22)15-23(25)17-26-27(31)30-28(33-26)29-24-9-3-2-4-10-24;1-2(3)4;/h3-17H,18H2,1H3,(H,29,30,31);1H3,(H,3,4);/q-1;;+1. The smallest absolute Gasteiger partial charge is 0.488 e. The molecule has 186 valence electrons. The average molecular weight is 533 g/mol. The van der Waals surface area contributed by atoms with Gasteiger partial charge in [-0.25, -0.2) is 0 Å². The molecule has 0 spiro atoms. The molecule has 4 aromatic carbocycles. The van der Waals surface area contributed by atoms with Gasteiger partial charge >= 0.3 is 29.6 Å². The number of aryl methyl sites for hydroxylation is 1. The number of benzene rings is 4. The summed E-state index contributed by atoms with van der Waals surface area (Å²) < 4.78 is 6.22. The molecule has 0 aromatic heterocycles. The molecule has 0 aliphatic carbocycles. The van der Waals surface area contributed by atoms with E-state index in [1.54, 1.807) is 12.1 Å². The number of ether oxygens (including phenoxy) is 1. The van der Waals surface area contributed by atoms with Gasteiger partial charge in [-0.1, -0.05) is 54.1 Å². The zero-order valence-electron chi connectivity index (χ0n) is 21.4. The Morgan fingerprint density at radius 2 is 1.68 bits per heavy atom. The van der Waals surface area contributed by atoms with Crippen molar-refractivity contribution in [2.45, 2.75) is 20.5 Å². The molecule has 1 aliphatic heterocycles. The summed E-state index contributed by atoms with van der Waals surface area (Å²) in [7, 11) is 0. The molecule has 38 heavy (non-hydrogen) atoms. The number of carboxylic acid groups (broad SMARTS) is 1. The second-order valence-corrected chi connectivity index (χ2v) is 9.30. The van der Waals surface area contributed by atoms with Crippen LogP contribution in [0.2, 0.25) is 0 Å². The van der Waals surface area contributed by atoms with E-state index in [9.17, 15) is 4.79 Å². The molecule has 0 bridgehead atoms. The van der Waals surface area contributed by atoms with Gasteiger partial charge in [0.2, 0.25) is 0 Å². The molecular formula is C30H25N2NaO4S. The van der Waals surface area contributed by atoms with Crippen molar-refractivity contribution in [2.75, 3.05) is 0 Å². The van der Waals surface area contributed by atoms with Crippen molar-refractivity contribution in [1.29, 1.82) is 0 Å². The number of amidine groups is 1. The number of carbonyl (C=O) groups is 2. The van der Waals surface area contributed by atoms with E-state index >= 15 is 0 Å². The maximum absolute atomic E-state index is 12.6. The van der Waals surface area contributed by atoms with Gasteiger partial charge in [-0.15, -0.1) is 12.1 Å². The Morgan fingerprint density at radius 1 is 1.05 bits per heavy atom. The molecule has 1 amide bonds. The van der Waals surface area contributed by atoms with Crippen LogP contribution in [0.4, 0.5) is 5.69 Å². The number of hydrogen-bond donors (Lipinski definition) is 2. The Kier molecular flexibility index (Phi) is 10.7. The molecule has 8 heteroatoms. The largest absolute Gasteiger partial charge is 1.00 e. The number of nitrogens with zero attached hydrogens (tertiary/aromatic N) is 1. The Bertz CT molecular complexity index is 1480. The molecule has 0 saturated carbocycles. The summed E-state index contributed by atoms with van der Waals surface area (Å²) in [4.78, 5) is 26.7. The third kappa shape index (κ3) is 8.33. The van der Waals surface area contributed by atoms with Crippen molar-refractivity contribution >= 4 is 51.3 Å². The van der Waals surface area contributed by atoms with Crippen molar-refractivity contribution in [2.24, 2.45) is 4.99 Å². The zero-order chi connectivity index (χ0) is 26.2. The minimum absolute atomic E-state index is 0. The van der Waals surface area contributed by atoms with E-state index in [4.69, 9.17) is 14.6 Å². The van der Waals surface area contributed by atoms with Crippen LogP contribution in [0.25, 0.3) is 16.8 Å². The number of hydrogen-bond acceptors (Lipinski definition) is 5. The maximum Gasteiger partial charge on any atom is 1.00 e. The summed E-state index contributed by atoms with van der Waals surface area (Å²) in [6, 6.07) is 30.8. The van der Waals surface area contributed by atoms with Crippen molar-refractivity contribution in [3.63, 3.8) is 0 Å². The molecule has 0 unspecified atom stereocenters. The summed E-state index contributed by atoms with van der Waals surface area (Å²) in [6.07, 6.45) is 1.87. The number of fused-ring (bicyclic) bond motifs is 1. The fraction of sp³-hybridized carbons (Fsp3) is 0.100. The fourth-order valence-corrected chi connectivity index (χ4v) is 4.34. The minimum atomic E-state index is -0.833. The second kappa shape index (κ2) is 14.0. The van der Waals surface area contributed by atoms with Gasteiger partial charge in [-0.05, 0) is 58.9 Å². The molecule has 5 rings (SSSR count). The number of carbonyl (C=O) groups excluding carboxylic acids is 1. The van der Waals surface area contributed by atoms with E-state index < -0.39 is 5.97 Å². The van der Waals surface area contributed by atoms with Crippen LogP contribution in [-0.4, -0.2) is 22.2 Å². The second-order valence-electron chi connectivity index (χ2n) is 8.27. The molecule has 1 fully saturated rings. The molecule has 6 nitrogen and oxygen atoms in total. The van der Waals surface area contributed by atoms with Crippen LogP contribution in [0.1, 0.15) is 23.6 Å². The number of nitrogens with one attached hydrogen (secondary N) is 1. The first-order valence-electron chi connectivity index (χ1n) is 11.5. The molecular weight excluding hydrogens is 507 g/mol. The number of carboxylic acids is 1. The summed E-state index contributed by atoms with van der Waals surface area (Å²) in [5, 5.41) is 13.0. The molecule has 0 radical (unpaired) electrons. The van der Waals surface area contributed by atoms with Crippen LogP contribution in [-0.2, 0) is 16.2 Å². The van der Waals surface area contributed by atoms with E-state index in [2.05, 4.69) is 65.8 Å². The Morgan fingerprint density at radius 3 is 2.34 bits per heavy atom. The van der Waals surface area contributed by atoms with Gasteiger partial charge in [0.05, 0.1) is 4.91 Å². The van der Waals surface area contributed by atoms with Crippen LogP contribution in [0.5, 0.6) is 5.75 Å². The predicted octanol–water partition coefficient (Wildman–Crippen LogP) is 3.51. The van der Waals surface area contributed by atoms with Gasteiger partial charge in [0.15, 0.2) is 5.17 Å². The first kappa shape index (κ1) is 29.2. The van der Waals surface area contributed by atoms with Crippen LogP contribution in [0.15, 0.2) is 94.8 Å². The molecule has 0 atom stereocenters. The number of thioether (sulfide) groups is 1. The molecule has 1 heterocycles. The maximum atomic E-state index is 12.6. The third-order valence-corrected chi connectivity index (χ3v) is 6.17. The minimum Gasteiger partial charge on any atom is -0.488 e. The Hall–Kier alpha value is -3.36. The molecule has 2 N–H and O–H groups in total. The van der Waals surface area contributed by atoms with Crippen LogP contribution in [0, 0.1) is 13.0 Å². The van der Waals surface area contributed by atoms with Crippen molar-refractivity contribution < 1.29 is 49.0 Å². The van der Waals surface area contributed by atoms with Crippen LogP contribution >= 0.6 is 11.8 Å². The predicted molar refractivity (Wildman–Crippen MR) is 149 cm³/mol. The van der Waals surface area contributed by atoms with Gasteiger partial charge in [0.1, 0.15) is 12.4 Å². The average Bonchev–Trinajstić information content (AvgIpc) is 3.22. The Balaban J connectivity index is 0.000000749. The summed E-state index contributed by atoms with van der Waals surface area (Å²) >= 11 is 1.32. The monoisotopic (exact) mass is 532 g/mol. The first-order valence-corrected chi connectivity index (χ1v) is 12.4. The zero-order valence-corrected chi connectivity index (χ0v) is 24.2. The number of amides is 1. The van der Waals surface area contributed by atoms with E-state index in [0.717, 1.165) is 40.3 Å². The first-order chi connectivity index (χ1) is 17.9. The summed E-state index contributed by atoms with van der Waals surface area (Å²) in [6.45, 7) is 3.60. The summed E-state index contributed by atoms with van der Waals surface area (Å²) in [5.74, 6) is -0.266. The van der Waals surface area contributed by atoms with Gasteiger partial charge in [-0.3, -0.25) is 14.6 Å². The van der Waals surface area contributed by atoms with Crippen LogP contribution < -0.4 is 39.6 Å². The van der Waals surface area contributed by atoms with Gasteiger partial charge < -0.3 is 15.2 Å². The van der Waals surface area contributed by atoms with E-state index in [0.29, 0.717) is 16.7 Å². The third-order valence-electron chi connectivity index (χ3n) is 5.26. The van der Waals surface area contributed by atoms with E-state index in [-0.39, 0.29) is 35.5 Å². The van der Waals surface area contributed by atoms with Crippen LogP contribution in [0.3, 0.4) is 0 Å². The van der Waals surface area contributed by atoms with Crippen molar-refractivity contribution in [3.8, 4) is 5.75 Å². The number of aliphatic imine (C=N–C) groups is 1. The van der Waals surface area contributed by atoms with Gasteiger partial charge in [0.25, 0.3) is 11.9 Å². The molecule has 4 aromatic rings. The quantitative estimate of drug-likeness (QED) is 0.233. The topological polar surface area (TPSA) is 88.0 Å².